The lowest BCUT2D eigenvalue weighted by atomic mass is 9.91. The zero-order valence-electron chi connectivity index (χ0n) is 14.6. The summed E-state index contributed by atoms with van der Waals surface area (Å²) in [5.74, 6) is 1.20. The van der Waals surface area contributed by atoms with Gasteiger partial charge in [0.05, 0.1) is 5.69 Å². The van der Waals surface area contributed by atoms with Crippen LogP contribution in [0.25, 0.3) is 5.69 Å². The molecule has 0 N–H and O–H groups in total. The molecule has 1 aliphatic heterocycles. The van der Waals surface area contributed by atoms with Gasteiger partial charge in [-0.25, -0.2) is 4.39 Å². The summed E-state index contributed by atoms with van der Waals surface area (Å²) >= 11 is 0. The molecule has 1 saturated heterocycles. The number of aromatic nitrogens is 4. The van der Waals surface area contributed by atoms with Gasteiger partial charge in [0, 0.05) is 13.1 Å². The summed E-state index contributed by atoms with van der Waals surface area (Å²) in [5.41, 5.74) is 1.76. The van der Waals surface area contributed by atoms with Crippen molar-refractivity contribution in [2.45, 2.75) is 25.7 Å². The quantitative estimate of drug-likeness (QED) is 0.704. The van der Waals surface area contributed by atoms with Crippen LogP contribution in [0, 0.1) is 11.7 Å². The number of halogens is 1. The summed E-state index contributed by atoms with van der Waals surface area (Å²) in [4.78, 5) is 2.25. The van der Waals surface area contributed by atoms with Crippen molar-refractivity contribution >= 4 is 5.95 Å². The molecule has 0 spiro atoms. The summed E-state index contributed by atoms with van der Waals surface area (Å²) < 4.78 is 15.6. The molecular weight excluding hydrogens is 329 g/mol. The molecule has 5 nitrogen and oxygen atoms in total. The molecule has 1 aliphatic rings. The highest BCUT2D eigenvalue weighted by molar-refractivity contribution is 5.40. The second-order valence-corrected chi connectivity index (χ2v) is 6.81. The van der Waals surface area contributed by atoms with E-state index in [-0.39, 0.29) is 5.82 Å². The highest BCUT2D eigenvalue weighted by Gasteiger charge is 2.24. The number of hydrogen-bond donors (Lipinski definition) is 0. The predicted octanol–water partition coefficient (Wildman–Crippen LogP) is 3.65. The molecule has 0 radical (unpaired) electrons. The minimum atomic E-state index is -0.104. The van der Waals surface area contributed by atoms with Gasteiger partial charge >= 0.3 is 0 Å². The first-order valence-corrected chi connectivity index (χ1v) is 9.13. The Hall–Kier alpha value is -2.76. The van der Waals surface area contributed by atoms with Crippen LogP contribution in [0.5, 0.6) is 0 Å². The van der Waals surface area contributed by atoms with E-state index in [2.05, 4.69) is 20.4 Å². The van der Waals surface area contributed by atoms with Crippen molar-refractivity contribution in [1.29, 1.82) is 0 Å². The van der Waals surface area contributed by atoms with Gasteiger partial charge in [-0.2, -0.15) is 4.68 Å². The van der Waals surface area contributed by atoms with Gasteiger partial charge in [0.15, 0.2) is 0 Å². The van der Waals surface area contributed by atoms with Gasteiger partial charge in [-0.1, -0.05) is 41.5 Å². The minimum absolute atomic E-state index is 0.104. The molecular formula is C20H22FN5. The van der Waals surface area contributed by atoms with Crippen LogP contribution in [0.3, 0.4) is 0 Å². The molecule has 134 valence electrons. The molecule has 1 unspecified atom stereocenters. The zero-order valence-corrected chi connectivity index (χ0v) is 14.6. The topological polar surface area (TPSA) is 46.8 Å². The third-order valence-electron chi connectivity index (χ3n) is 5.04. The number of hydrogen-bond acceptors (Lipinski definition) is 4. The number of tetrazole rings is 1. The number of nitrogens with zero attached hydrogens (tertiary/aromatic N) is 5. The van der Waals surface area contributed by atoms with E-state index >= 15 is 0 Å². The summed E-state index contributed by atoms with van der Waals surface area (Å²) in [7, 11) is 0. The molecule has 0 amide bonds. The Balaban J connectivity index is 1.45. The first-order valence-electron chi connectivity index (χ1n) is 9.13. The number of rotatable bonds is 5. The lowest BCUT2D eigenvalue weighted by Crippen LogP contribution is -2.37. The maximum atomic E-state index is 13.8. The van der Waals surface area contributed by atoms with Crippen molar-refractivity contribution in [3.63, 3.8) is 0 Å². The van der Waals surface area contributed by atoms with Crippen LogP contribution in [0.4, 0.5) is 10.3 Å². The summed E-state index contributed by atoms with van der Waals surface area (Å²) in [6, 6.07) is 17.0. The molecule has 26 heavy (non-hydrogen) atoms. The maximum absolute atomic E-state index is 13.8. The second-order valence-electron chi connectivity index (χ2n) is 6.81. The average molecular weight is 351 g/mol. The number of anilines is 1. The van der Waals surface area contributed by atoms with Crippen molar-refractivity contribution < 1.29 is 4.39 Å². The normalized spacial score (nSPS) is 17.4. The molecule has 1 atom stereocenters. The molecule has 3 aromatic rings. The highest BCUT2D eigenvalue weighted by atomic mass is 19.1. The van der Waals surface area contributed by atoms with Crippen LogP contribution in [0.2, 0.25) is 0 Å². The fraction of sp³-hybridized carbons (Fsp3) is 0.350. The molecule has 2 aromatic carbocycles. The highest BCUT2D eigenvalue weighted by Crippen LogP contribution is 2.26. The van der Waals surface area contributed by atoms with E-state index in [1.807, 2.05) is 42.5 Å². The van der Waals surface area contributed by atoms with Crippen molar-refractivity contribution in [1.82, 2.24) is 20.2 Å². The molecule has 0 bridgehead atoms. The van der Waals surface area contributed by atoms with Crippen molar-refractivity contribution in [2.24, 2.45) is 5.92 Å². The lowest BCUT2D eigenvalue weighted by Gasteiger charge is -2.33. The number of aryl methyl sites for hydroxylation is 1. The van der Waals surface area contributed by atoms with E-state index in [0.717, 1.165) is 56.0 Å². The van der Waals surface area contributed by atoms with Crippen molar-refractivity contribution in [2.75, 3.05) is 18.0 Å². The van der Waals surface area contributed by atoms with E-state index in [9.17, 15) is 4.39 Å². The molecule has 1 fully saturated rings. The van der Waals surface area contributed by atoms with Crippen LogP contribution >= 0.6 is 0 Å². The number of para-hydroxylation sites is 1. The Kier molecular flexibility index (Phi) is 4.91. The fourth-order valence-electron chi connectivity index (χ4n) is 3.66. The maximum Gasteiger partial charge on any atom is 0.250 e. The second kappa shape index (κ2) is 7.64. The van der Waals surface area contributed by atoms with Gasteiger partial charge in [-0.15, -0.1) is 0 Å². The minimum Gasteiger partial charge on any atom is -0.339 e. The van der Waals surface area contributed by atoms with E-state index in [1.54, 1.807) is 10.7 Å². The van der Waals surface area contributed by atoms with Crippen LogP contribution in [0.1, 0.15) is 24.8 Å². The average Bonchev–Trinajstić information content (AvgIpc) is 3.18. The van der Waals surface area contributed by atoms with E-state index in [1.165, 1.54) is 6.07 Å². The Labute approximate surface area is 152 Å². The largest absolute Gasteiger partial charge is 0.339 e. The van der Waals surface area contributed by atoms with Crippen LogP contribution in [0.15, 0.2) is 54.6 Å². The van der Waals surface area contributed by atoms with Crippen LogP contribution in [-0.4, -0.2) is 33.3 Å². The smallest absolute Gasteiger partial charge is 0.250 e. The summed E-state index contributed by atoms with van der Waals surface area (Å²) in [6.45, 7) is 1.85. The Morgan fingerprint density at radius 3 is 2.69 bits per heavy atom. The molecule has 4 rings (SSSR count). The molecule has 2 heterocycles. The van der Waals surface area contributed by atoms with Gasteiger partial charge in [-0.3, -0.25) is 0 Å². The van der Waals surface area contributed by atoms with Crippen molar-refractivity contribution in [3.05, 3.63) is 66.0 Å². The molecule has 0 aliphatic carbocycles. The number of benzene rings is 2. The Morgan fingerprint density at radius 2 is 1.85 bits per heavy atom. The Bertz CT molecular complexity index is 848. The predicted molar refractivity (Wildman–Crippen MR) is 98.8 cm³/mol. The fourth-order valence-corrected chi connectivity index (χ4v) is 3.66. The van der Waals surface area contributed by atoms with Gasteiger partial charge < -0.3 is 4.90 Å². The number of piperidine rings is 1. The summed E-state index contributed by atoms with van der Waals surface area (Å²) in [5, 5.41) is 12.3. The van der Waals surface area contributed by atoms with Gasteiger partial charge in [0.1, 0.15) is 5.82 Å². The van der Waals surface area contributed by atoms with Crippen molar-refractivity contribution in [3.8, 4) is 5.69 Å². The van der Waals surface area contributed by atoms with E-state index in [4.69, 9.17) is 0 Å². The van der Waals surface area contributed by atoms with E-state index < -0.39 is 0 Å². The van der Waals surface area contributed by atoms with Gasteiger partial charge in [-0.05, 0) is 65.8 Å². The third-order valence-corrected chi connectivity index (χ3v) is 5.04. The van der Waals surface area contributed by atoms with Crippen LogP contribution in [-0.2, 0) is 6.42 Å². The van der Waals surface area contributed by atoms with Gasteiger partial charge in [0.25, 0.3) is 0 Å². The Morgan fingerprint density at radius 1 is 1.04 bits per heavy atom. The first kappa shape index (κ1) is 16.7. The standard InChI is InChI=1S/C20H22FN5/c21-19-11-5-4-8-17(19)13-12-16-7-6-14-25(15-16)20-22-23-24-26(20)18-9-2-1-3-10-18/h1-5,8-11,16H,6-7,12-15H2. The van der Waals surface area contributed by atoms with Crippen LogP contribution < -0.4 is 4.90 Å². The molecule has 0 saturated carbocycles. The molecule has 6 heteroatoms. The molecule has 1 aromatic heterocycles. The first-order chi connectivity index (χ1) is 12.8. The van der Waals surface area contributed by atoms with E-state index in [0.29, 0.717) is 5.92 Å². The SMILES string of the molecule is Fc1ccccc1CCC1CCCN(c2nnnn2-c2ccccc2)C1. The monoisotopic (exact) mass is 351 g/mol. The summed E-state index contributed by atoms with van der Waals surface area (Å²) in [6.07, 6.45) is 4.01. The van der Waals surface area contributed by atoms with Gasteiger partial charge in [0.2, 0.25) is 5.95 Å². The lowest BCUT2D eigenvalue weighted by molar-refractivity contribution is 0.385. The zero-order chi connectivity index (χ0) is 17.8. The third kappa shape index (κ3) is 3.59.